The molecule has 4 aromatic rings. The van der Waals surface area contributed by atoms with Crippen molar-refractivity contribution in [3.63, 3.8) is 0 Å². The molecule has 4 nitrogen and oxygen atoms in total. The van der Waals surface area contributed by atoms with Crippen LogP contribution in [0.1, 0.15) is 114 Å². The van der Waals surface area contributed by atoms with Gasteiger partial charge in [-0.15, -0.1) is 0 Å². The van der Waals surface area contributed by atoms with Crippen LogP contribution in [0.25, 0.3) is 27.5 Å². The van der Waals surface area contributed by atoms with Crippen molar-refractivity contribution < 1.29 is 0 Å². The first-order valence-electron chi connectivity index (χ1n) is 22.5. The molecule has 13 rings (SSSR count). The van der Waals surface area contributed by atoms with Crippen molar-refractivity contribution in [1.29, 1.82) is 0 Å². The SMILES string of the molecule is c1ccc2c(c1)c1ccccc1n2-c1ccc(C2CC3C4C(C2)N2C5CCCCC5SC5CCCC(C52)N4C2CCCC4SC5CCCCC5N3C42)cc1. The number of benzene rings is 3. The highest BCUT2D eigenvalue weighted by molar-refractivity contribution is 8.00. The van der Waals surface area contributed by atoms with Crippen LogP contribution in [0, 0.1) is 0 Å². The Hall–Kier alpha value is -1.96. The molecule has 0 spiro atoms. The van der Waals surface area contributed by atoms with E-state index in [0.29, 0.717) is 18.0 Å². The molecule has 6 heteroatoms. The van der Waals surface area contributed by atoms with Crippen LogP contribution in [-0.4, -0.2) is 94.6 Å². The lowest BCUT2D eigenvalue weighted by atomic mass is 9.64. The molecule has 4 saturated heterocycles. The summed E-state index contributed by atoms with van der Waals surface area (Å²) in [5, 5.41) is 6.17. The van der Waals surface area contributed by atoms with E-state index in [9.17, 15) is 0 Å². The third kappa shape index (κ3) is 4.70. The van der Waals surface area contributed by atoms with Gasteiger partial charge in [-0.05, 0) is 100.0 Å². The van der Waals surface area contributed by atoms with Gasteiger partial charge in [0.2, 0.25) is 0 Å². The number of rotatable bonds is 2. The van der Waals surface area contributed by atoms with Crippen molar-refractivity contribution in [3.05, 3.63) is 78.4 Å². The molecular weight excluding hydrogens is 697 g/mol. The van der Waals surface area contributed by atoms with Crippen LogP contribution in [0.15, 0.2) is 72.8 Å². The second-order valence-electron chi connectivity index (χ2n) is 19.2. The number of piperazine rings is 2. The predicted octanol–water partition coefficient (Wildman–Crippen LogP) is 10.4. The summed E-state index contributed by atoms with van der Waals surface area (Å²) in [6.45, 7) is 0. The van der Waals surface area contributed by atoms with E-state index in [1.807, 2.05) is 0 Å². The molecule has 4 aliphatic heterocycles. The normalized spacial score (nSPS) is 43.1. The van der Waals surface area contributed by atoms with Crippen molar-refractivity contribution in [2.75, 3.05) is 0 Å². The van der Waals surface area contributed by atoms with Crippen LogP contribution in [0.5, 0.6) is 0 Å². The zero-order valence-electron chi connectivity index (χ0n) is 31.9. The lowest BCUT2D eigenvalue weighted by Gasteiger charge is -2.75. The first-order chi connectivity index (χ1) is 26.8. The number of nitrogens with zero attached hydrogens (tertiary/aromatic N) is 4. The minimum absolute atomic E-state index is 0.635. The Kier molecular flexibility index (Phi) is 7.82. The molecule has 1 aromatic heterocycles. The molecule has 0 radical (unpaired) electrons. The topological polar surface area (TPSA) is 14.7 Å². The molecule has 9 fully saturated rings. The van der Waals surface area contributed by atoms with Crippen molar-refractivity contribution in [2.45, 2.75) is 184 Å². The van der Waals surface area contributed by atoms with E-state index in [1.165, 1.54) is 130 Å². The second-order valence-corrected chi connectivity index (χ2v) is 22.2. The molecule has 0 N–H and O–H groups in total. The maximum absolute atomic E-state index is 3.39. The number of aromatic nitrogens is 1. The summed E-state index contributed by atoms with van der Waals surface area (Å²) in [4.78, 5) is 10.1. The minimum atomic E-state index is 0.635. The van der Waals surface area contributed by atoms with Gasteiger partial charge in [0.15, 0.2) is 0 Å². The number of fused-ring (bicyclic) bond motifs is 11. The van der Waals surface area contributed by atoms with Crippen LogP contribution in [0.4, 0.5) is 0 Å². The Balaban J connectivity index is 0.938. The average molecular weight is 755 g/mol. The summed E-state index contributed by atoms with van der Waals surface area (Å²) in [7, 11) is 0. The van der Waals surface area contributed by atoms with Crippen LogP contribution in [0.2, 0.25) is 0 Å². The van der Waals surface area contributed by atoms with Crippen LogP contribution >= 0.6 is 23.5 Å². The fourth-order valence-corrected chi connectivity index (χ4v) is 19.2. The van der Waals surface area contributed by atoms with Gasteiger partial charge in [-0.25, -0.2) is 0 Å². The van der Waals surface area contributed by atoms with E-state index >= 15 is 0 Å². The highest BCUT2D eigenvalue weighted by Gasteiger charge is 2.67. The van der Waals surface area contributed by atoms with E-state index < -0.39 is 0 Å². The van der Waals surface area contributed by atoms with Gasteiger partial charge in [0, 0.05) is 91.8 Å². The van der Waals surface area contributed by atoms with Crippen LogP contribution in [0.3, 0.4) is 0 Å². The van der Waals surface area contributed by atoms with Crippen molar-refractivity contribution in [2.24, 2.45) is 0 Å². The number of hydrogen-bond donors (Lipinski definition) is 0. The Labute approximate surface area is 331 Å². The summed E-state index contributed by atoms with van der Waals surface area (Å²) in [5.74, 6) is 0.635. The van der Waals surface area contributed by atoms with E-state index in [2.05, 4.69) is 116 Å². The summed E-state index contributed by atoms with van der Waals surface area (Å²) in [5.41, 5.74) is 5.56. The molecule has 3 aromatic carbocycles. The first-order valence-corrected chi connectivity index (χ1v) is 24.4. The summed E-state index contributed by atoms with van der Waals surface area (Å²) in [6, 6.07) is 35.1. The van der Waals surface area contributed by atoms with E-state index in [4.69, 9.17) is 0 Å². The molecule has 5 aliphatic carbocycles. The largest absolute Gasteiger partial charge is 0.309 e. The fraction of sp³-hybridized carbons (Fsp3) is 0.625. The van der Waals surface area contributed by atoms with Gasteiger partial charge in [0.05, 0.1) is 11.0 Å². The Morgan fingerprint density at radius 3 is 1.43 bits per heavy atom. The average Bonchev–Trinajstić information content (AvgIpc) is 3.57. The minimum Gasteiger partial charge on any atom is -0.309 e. The monoisotopic (exact) mass is 754 g/mol. The van der Waals surface area contributed by atoms with Crippen molar-refractivity contribution in [3.8, 4) is 5.69 Å². The van der Waals surface area contributed by atoms with Crippen LogP contribution < -0.4 is 0 Å². The fourth-order valence-electron chi connectivity index (χ4n) is 15.2. The van der Waals surface area contributed by atoms with Gasteiger partial charge < -0.3 is 4.57 Å². The third-order valence-corrected chi connectivity index (χ3v) is 20.5. The maximum atomic E-state index is 3.39. The zero-order chi connectivity index (χ0) is 35.1. The number of para-hydroxylation sites is 2. The maximum Gasteiger partial charge on any atom is 0.0541 e. The molecule has 0 bridgehead atoms. The lowest BCUT2D eigenvalue weighted by molar-refractivity contribution is -0.210. The summed E-state index contributed by atoms with van der Waals surface area (Å²) < 4.78 is 2.52. The summed E-state index contributed by atoms with van der Waals surface area (Å²) >= 11 is 5.00. The van der Waals surface area contributed by atoms with Gasteiger partial charge in [-0.3, -0.25) is 14.7 Å². The highest BCUT2D eigenvalue weighted by Crippen LogP contribution is 2.60. The standard InChI is InChI=1S/C48H58N4S2/c1-3-13-34-32(11-1)33-12-2-4-14-35(33)49(34)31-25-23-29(24-26-31)30-27-40-46-41(28-30)51-37-16-6-8-20-43(37)54-45-22-10-18-39(48(45)51)52(46)38-17-9-21-44-47(38)50(40)36-15-5-7-19-42(36)53-44/h1-4,11-14,23-26,30,36-48H,5-10,15-22,27-28H2. The zero-order valence-corrected chi connectivity index (χ0v) is 33.6. The molecule has 0 amide bonds. The Morgan fingerprint density at radius 2 is 0.870 bits per heavy atom. The third-order valence-electron chi connectivity index (χ3n) is 16.9. The molecule has 12 atom stereocenters. The van der Waals surface area contributed by atoms with E-state index in [-0.39, 0.29) is 0 Å². The molecule has 282 valence electrons. The van der Waals surface area contributed by atoms with E-state index in [0.717, 1.165) is 63.3 Å². The molecule has 5 saturated carbocycles. The number of hydrogen-bond acceptors (Lipinski definition) is 5. The summed E-state index contributed by atoms with van der Waals surface area (Å²) in [6.07, 6.45) is 23.2. The van der Waals surface area contributed by atoms with Crippen molar-refractivity contribution in [1.82, 2.24) is 19.3 Å². The van der Waals surface area contributed by atoms with Crippen LogP contribution in [-0.2, 0) is 0 Å². The lowest BCUT2D eigenvalue weighted by Crippen LogP contribution is -2.87. The molecule has 12 unspecified atom stereocenters. The van der Waals surface area contributed by atoms with Gasteiger partial charge >= 0.3 is 0 Å². The quantitative estimate of drug-likeness (QED) is 0.202. The van der Waals surface area contributed by atoms with Gasteiger partial charge in [-0.1, -0.05) is 87.1 Å². The Morgan fingerprint density at radius 1 is 0.407 bits per heavy atom. The van der Waals surface area contributed by atoms with E-state index in [1.54, 1.807) is 5.56 Å². The Bertz CT molecular complexity index is 1940. The van der Waals surface area contributed by atoms with Gasteiger partial charge in [0.25, 0.3) is 0 Å². The molecule has 5 heterocycles. The smallest absolute Gasteiger partial charge is 0.0541 e. The van der Waals surface area contributed by atoms with Gasteiger partial charge in [0.1, 0.15) is 0 Å². The molecular formula is C48H58N4S2. The molecule has 54 heavy (non-hydrogen) atoms. The van der Waals surface area contributed by atoms with Crippen molar-refractivity contribution >= 4 is 45.3 Å². The highest BCUT2D eigenvalue weighted by atomic mass is 32.2. The van der Waals surface area contributed by atoms with Gasteiger partial charge in [-0.2, -0.15) is 23.5 Å². The number of thioether (sulfide) groups is 2. The molecule has 9 aliphatic rings. The predicted molar refractivity (Wildman–Crippen MR) is 227 cm³/mol. The second kappa shape index (κ2) is 12.8. The first kappa shape index (κ1) is 33.1.